The van der Waals surface area contributed by atoms with Crippen LogP contribution < -0.4 is 5.73 Å². The highest BCUT2D eigenvalue weighted by Crippen LogP contribution is 2.22. The zero-order chi connectivity index (χ0) is 12.7. The highest BCUT2D eigenvalue weighted by molar-refractivity contribution is 7.99. The molecule has 4 heteroatoms. The lowest BCUT2D eigenvalue weighted by atomic mass is 9.98. The summed E-state index contributed by atoms with van der Waals surface area (Å²) in [5, 5.41) is 9.79. The maximum atomic E-state index is 9.01. The van der Waals surface area contributed by atoms with Crippen molar-refractivity contribution in [1.29, 1.82) is 0 Å². The van der Waals surface area contributed by atoms with Crippen LogP contribution in [0, 0.1) is 0 Å². The molecule has 0 aliphatic carbocycles. The van der Waals surface area contributed by atoms with Crippen LogP contribution in [0.5, 0.6) is 0 Å². The van der Waals surface area contributed by atoms with Gasteiger partial charge in [0, 0.05) is 15.5 Å². The van der Waals surface area contributed by atoms with Crippen LogP contribution in [0.2, 0.25) is 5.02 Å². The summed E-state index contributed by atoms with van der Waals surface area (Å²) in [6, 6.07) is 7.89. The van der Waals surface area contributed by atoms with Gasteiger partial charge in [0.05, 0.1) is 6.61 Å². The lowest BCUT2D eigenvalue weighted by Gasteiger charge is -2.21. The maximum Gasteiger partial charge on any atom is 0.0608 e. The highest BCUT2D eigenvalue weighted by atomic mass is 35.5. The van der Waals surface area contributed by atoms with Crippen LogP contribution in [-0.2, 0) is 0 Å². The van der Waals surface area contributed by atoms with Crippen LogP contribution in [0.4, 0.5) is 0 Å². The number of benzene rings is 1. The van der Waals surface area contributed by atoms with Gasteiger partial charge in [0.2, 0.25) is 0 Å². The van der Waals surface area contributed by atoms with Crippen LogP contribution in [0.25, 0.3) is 0 Å². The molecule has 1 rings (SSSR count). The molecule has 2 nitrogen and oxygen atoms in total. The lowest BCUT2D eigenvalue weighted by molar-refractivity contribution is 0.198. The van der Waals surface area contributed by atoms with Crippen molar-refractivity contribution in [2.45, 2.75) is 36.6 Å². The summed E-state index contributed by atoms with van der Waals surface area (Å²) >= 11 is 7.64. The van der Waals surface area contributed by atoms with E-state index in [0.717, 1.165) is 30.0 Å². The minimum Gasteiger partial charge on any atom is -0.394 e. The Kier molecular flexibility index (Phi) is 6.34. The second kappa shape index (κ2) is 7.27. The molecule has 0 aliphatic rings. The van der Waals surface area contributed by atoms with Crippen molar-refractivity contribution in [2.24, 2.45) is 5.73 Å². The molecule has 1 atom stereocenters. The Balaban J connectivity index is 2.14. The molecule has 0 heterocycles. The first kappa shape index (κ1) is 14.8. The van der Waals surface area contributed by atoms with E-state index in [2.05, 4.69) is 0 Å². The second-order valence-corrected chi connectivity index (χ2v) is 6.18. The number of nitrogens with two attached hydrogens (primary N) is 1. The van der Waals surface area contributed by atoms with E-state index >= 15 is 0 Å². The lowest BCUT2D eigenvalue weighted by Crippen LogP contribution is -2.39. The summed E-state index contributed by atoms with van der Waals surface area (Å²) < 4.78 is 0. The monoisotopic (exact) mass is 273 g/mol. The molecule has 0 saturated heterocycles. The SMILES string of the molecule is CC(N)(CO)CCCCSc1ccc(Cl)cc1. The highest BCUT2D eigenvalue weighted by Gasteiger charge is 2.15. The molecule has 0 aromatic heterocycles. The standard InChI is InChI=1S/C13H20ClNOS/c1-13(15,10-16)8-2-3-9-17-12-6-4-11(14)5-7-12/h4-7,16H,2-3,8-10,15H2,1H3. The van der Waals surface area contributed by atoms with Crippen molar-refractivity contribution in [1.82, 2.24) is 0 Å². The third kappa shape index (κ3) is 6.32. The molecule has 0 aliphatic heterocycles. The first-order valence-corrected chi connectivity index (χ1v) is 7.18. The number of thioether (sulfide) groups is 1. The molecule has 3 N–H and O–H groups in total. The van der Waals surface area contributed by atoms with Gasteiger partial charge in [-0.15, -0.1) is 11.8 Å². The molecule has 0 fully saturated rings. The average molecular weight is 274 g/mol. The zero-order valence-corrected chi connectivity index (χ0v) is 11.7. The van der Waals surface area contributed by atoms with Gasteiger partial charge >= 0.3 is 0 Å². The molecule has 0 radical (unpaired) electrons. The van der Waals surface area contributed by atoms with E-state index in [1.54, 1.807) is 0 Å². The fourth-order valence-corrected chi connectivity index (χ4v) is 2.47. The summed E-state index contributed by atoms with van der Waals surface area (Å²) in [6.45, 7) is 1.94. The van der Waals surface area contributed by atoms with Gasteiger partial charge in [-0.05, 0) is 49.8 Å². The Labute approximate surface area is 113 Å². The van der Waals surface area contributed by atoms with Gasteiger partial charge in [-0.3, -0.25) is 0 Å². The summed E-state index contributed by atoms with van der Waals surface area (Å²) in [5.41, 5.74) is 5.43. The van der Waals surface area contributed by atoms with E-state index in [9.17, 15) is 0 Å². The minimum atomic E-state index is -0.426. The number of unbranched alkanes of at least 4 members (excludes halogenated alkanes) is 1. The number of rotatable bonds is 7. The maximum absolute atomic E-state index is 9.01. The van der Waals surface area contributed by atoms with Gasteiger partial charge in [0.15, 0.2) is 0 Å². The van der Waals surface area contributed by atoms with Gasteiger partial charge in [-0.25, -0.2) is 0 Å². The molecule has 0 saturated carbocycles. The Bertz CT molecular complexity index is 327. The molecular weight excluding hydrogens is 254 g/mol. The minimum absolute atomic E-state index is 0.0529. The van der Waals surface area contributed by atoms with E-state index in [-0.39, 0.29) is 6.61 Å². The average Bonchev–Trinajstić information content (AvgIpc) is 2.31. The van der Waals surface area contributed by atoms with Crippen LogP contribution in [0.15, 0.2) is 29.2 Å². The van der Waals surface area contributed by atoms with Gasteiger partial charge in [-0.2, -0.15) is 0 Å². The Morgan fingerprint density at radius 2 is 1.94 bits per heavy atom. The summed E-state index contributed by atoms with van der Waals surface area (Å²) in [7, 11) is 0. The van der Waals surface area contributed by atoms with E-state index in [1.807, 2.05) is 43.0 Å². The molecule has 0 amide bonds. The normalized spacial score (nSPS) is 14.6. The topological polar surface area (TPSA) is 46.2 Å². The van der Waals surface area contributed by atoms with Crippen molar-refractivity contribution < 1.29 is 5.11 Å². The van der Waals surface area contributed by atoms with E-state index in [0.29, 0.717) is 0 Å². The van der Waals surface area contributed by atoms with Crippen LogP contribution in [0.3, 0.4) is 0 Å². The third-order valence-electron chi connectivity index (χ3n) is 2.59. The molecule has 1 aromatic carbocycles. The zero-order valence-electron chi connectivity index (χ0n) is 10.2. The smallest absolute Gasteiger partial charge is 0.0608 e. The van der Waals surface area contributed by atoms with Crippen molar-refractivity contribution in [3.05, 3.63) is 29.3 Å². The quantitative estimate of drug-likeness (QED) is 0.592. The van der Waals surface area contributed by atoms with E-state index in [4.69, 9.17) is 22.4 Å². The van der Waals surface area contributed by atoms with Crippen molar-refractivity contribution in [2.75, 3.05) is 12.4 Å². The van der Waals surface area contributed by atoms with Gasteiger partial charge in [-0.1, -0.05) is 18.0 Å². The van der Waals surface area contributed by atoms with Gasteiger partial charge < -0.3 is 10.8 Å². The van der Waals surface area contributed by atoms with Gasteiger partial charge in [0.1, 0.15) is 0 Å². The van der Waals surface area contributed by atoms with Crippen molar-refractivity contribution in [3.63, 3.8) is 0 Å². The summed E-state index contributed by atoms with van der Waals surface area (Å²) in [4.78, 5) is 1.24. The Hall–Kier alpha value is -0.220. The largest absolute Gasteiger partial charge is 0.394 e. The van der Waals surface area contributed by atoms with E-state index < -0.39 is 5.54 Å². The molecule has 1 unspecified atom stereocenters. The molecule has 96 valence electrons. The third-order valence-corrected chi connectivity index (χ3v) is 3.94. The van der Waals surface area contributed by atoms with Crippen LogP contribution >= 0.6 is 23.4 Å². The van der Waals surface area contributed by atoms with Crippen molar-refractivity contribution >= 4 is 23.4 Å². The molecule has 1 aromatic rings. The number of aliphatic hydroxyl groups is 1. The number of aliphatic hydroxyl groups excluding tert-OH is 1. The van der Waals surface area contributed by atoms with E-state index in [1.165, 1.54) is 4.90 Å². The second-order valence-electron chi connectivity index (χ2n) is 4.57. The summed E-state index contributed by atoms with van der Waals surface area (Å²) in [5.74, 6) is 1.07. The fourth-order valence-electron chi connectivity index (χ4n) is 1.43. The Morgan fingerprint density at radius 1 is 1.29 bits per heavy atom. The molecule has 0 bridgehead atoms. The van der Waals surface area contributed by atoms with Crippen LogP contribution in [0.1, 0.15) is 26.2 Å². The fraction of sp³-hybridized carbons (Fsp3) is 0.538. The van der Waals surface area contributed by atoms with Crippen LogP contribution in [-0.4, -0.2) is 23.0 Å². The van der Waals surface area contributed by atoms with Crippen molar-refractivity contribution in [3.8, 4) is 0 Å². The molecule has 17 heavy (non-hydrogen) atoms. The predicted octanol–water partition coefficient (Wildman–Crippen LogP) is 3.31. The molecular formula is C13H20ClNOS. The molecule has 0 spiro atoms. The first-order chi connectivity index (χ1) is 8.03. The first-order valence-electron chi connectivity index (χ1n) is 5.82. The van der Waals surface area contributed by atoms with Gasteiger partial charge in [0.25, 0.3) is 0 Å². The Morgan fingerprint density at radius 3 is 2.53 bits per heavy atom. The number of halogens is 1. The number of hydrogen-bond acceptors (Lipinski definition) is 3. The predicted molar refractivity (Wildman–Crippen MR) is 75.7 cm³/mol. The summed E-state index contributed by atoms with van der Waals surface area (Å²) in [6.07, 6.45) is 3.03. The number of hydrogen-bond donors (Lipinski definition) is 2.